The second-order valence-electron chi connectivity index (χ2n) is 5.62. The number of hydrogen-bond acceptors (Lipinski definition) is 6. The molecule has 10 nitrogen and oxygen atoms in total. The van der Waals surface area contributed by atoms with Gasteiger partial charge in [-0.1, -0.05) is 5.11 Å². The predicted molar refractivity (Wildman–Crippen MR) is 92.9 cm³/mol. The lowest BCUT2D eigenvalue weighted by Crippen LogP contribution is -2.61. The Morgan fingerprint density at radius 1 is 1.60 bits per heavy atom. The average Bonchev–Trinajstić information content (AvgIpc) is 2.87. The van der Waals surface area contributed by atoms with Gasteiger partial charge in [-0.2, -0.15) is 0 Å². The molecule has 2 heterocycles. The van der Waals surface area contributed by atoms with Gasteiger partial charge in [0.25, 0.3) is 0 Å². The molecule has 0 saturated carbocycles. The summed E-state index contributed by atoms with van der Waals surface area (Å²) in [5.41, 5.74) is 8.15. The molecule has 0 aromatic carbocycles. The number of hydrogen-bond donors (Lipinski definition) is 3. The fourth-order valence-electron chi connectivity index (χ4n) is 2.93. The van der Waals surface area contributed by atoms with Crippen molar-refractivity contribution in [3.8, 4) is 0 Å². The molecular formula is C14H20N6O4S. The first-order valence-electron chi connectivity index (χ1n) is 7.82. The number of carbonyl (C=O) groups is 2. The molecule has 2 aliphatic rings. The number of β-lactam (4-membered cyclic amide) rings is 1. The summed E-state index contributed by atoms with van der Waals surface area (Å²) in [5.74, 6) is -1.34. The highest BCUT2D eigenvalue weighted by molar-refractivity contribution is 8.03. The molecule has 136 valence electrons. The fourth-order valence-corrected chi connectivity index (χ4v) is 4.01. The number of aliphatic imine (C=N–C) groups is 1. The number of nitrogens with zero attached hydrogens (tertiary/aromatic N) is 5. The monoisotopic (exact) mass is 368 g/mol. The predicted octanol–water partition coefficient (Wildman–Crippen LogP) is 0.556. The third-order valence-corrected chi connectivity index (χ3v) is 5.10. The molecule has 1 saturated heterocycles. The van der Waals surface area contributed by atoms with Gasteiger partial charge >= 0.3 is 5.97 Å². The van der Waals surface area contributed by atoms with Crippen LogP contribution in [0.3, 0.4) is 0 Å². The van der Waals surface area contributed by atoms with Gasteiger partial charge in [-0.15, -0.1) is 11.8 Å². The van der Waals surface area contributed by atoms with E-state index in [0.29, 0.717) is 36.7 Å². The number of nitrogens with one attached hydrogen (secondary N) is 1. The zero-order chi connectivity index (χ0) is 18.4. The van der Waals surface area contributed by atoms with Crippen molar-refractivity contribution in [3.05, 3.63) is 21.0 Å². The number of aliphatic hydroxyl groups excluding tert-OH is 1. The van der Waals surface area contributed by atoms with E-state index >= 15 is 0 Å². The fraction of sp³-hybridized carbons (Fsp3) is 0.643. The average molecular weight is 368 g/mol. The number of azide groups is 1. The first-order valence-corrected chi connectivity index (χ1v) is 8.80. The van der Waals surface area contributed by atoms with E-state index in [4.69, 9.17) is 5.53 Å². The maximum absolute atomic E-state index is 12.1. The molecule has 0 radical (unpaired) electrons. The number of fused-ring (bicyclic) bond motifs is 1. The Labute approximate surface area is 148 Å². The van der Waals surface area contributed by atoms with E-state index in [2.05, 4.69) is 20.3 Å². The van der Waals surface area contributed by atoms with Crippen LogP contribution in [0.1, 0.15) is 13.3 Å². The molecule has 25 heavy (non-hydrogen) atoms. The lowest BCUT2D eigenvalue weighted by molar-refractivity contribution is -0.161. The van der Waals surface area contributed by atoms with Crippen LogP contribution >= 0.6 is 11.8 Å². The van der Waals surface area contributed by atoms with Gasteiger partial charge in [0, 0.05) is 41.6 Å². The number of rotatable bonds is 10. The van der Waals surface area contributed by atoms with Crippen LogP contribution in [0, 0.1) is 5.92 Å². The van der Waals surface area contributed by atoms with Crippen molar-refractivity contribution >= 4 is 30.0 Å². The number of amides is 1. The second kappa shape index (κ2) is 8.75. The lowest BCUT2D eigenvalue weighted by Gasteiger charge is -2.44. The second-order valence-corrected chi connectivity index (χ2v) is 6.81. The normalized spacial score (nSPS) is 23.3. The van der Waals surface area contributed by atoms with Crippen molar-refractivity contribution in [3.63, 3.8) is 0 Å². The highest BCUT2D eigenvalue weighted by atomic mass is 32.2. The highest BCUT2D eigenvalue weighted by Gasteiger charge is 2.56. The van der Waals surface area contributed by atoms with Crippen LogP contribution in [0.25, 0.3) is 10.4 Å². The molecule has 2 rings (SSSR count). The number of thioether (sulfide) groups is 1. The van der Waals surface area contributed by atoms with Gasteiger partial charge in [-0.05, 0) is 12.5 Å². The summed E-state index contributed by atoms with van der Waals surface area (Å²) in [6.45, 7) is 2.83. The summed E-state index contributed by atoms with van der Waals surface area (Å²) in [5, 5.41) is 25.4. The quantitative estimate of drug-likeness (QED) is 0.0974. The Hall–Kier alpha value is -2.23. The molecule has 0 unspecified atom stereocenters. The zero-order valence-electron chi connectivity index (χ0n) is 13.7. The molecule has 0 aromatic heterocycles. The Balaban J connectivity index is 1.82. The largest absolute Gasteiger partial charge is 0.477 e. The first kappa shape index (κ1) is 19.1. The summed E-state index contributed by atoms with van der Waals surface area (Å²) in [7, 11) is 0. The maximum atomic E-state index is 12.1. The summed E-state index contributed by atoms with van der Waals surface area (Å²) >= 11 is 1.39. The van der Waals surface area contributed by atoms with E-state index in [-0.39, 0.29) is 17.6 Å². The van der Waals surface area contributed by atoms with Crippen molar-refractivity contribution in [1.82, 2.24) is 10.2 Å². The minimum absolute atomic E-state index is 0.0416. The molecule has 1 fully saturated rings. The molecular weight excluding hydrogens is 348 g/mol. The zero-order valence-corrected chi connectivity index (χ0v) is 14.5. The number of aliphatic carboxylic acids is 1. The summed E-state index contributed by atoms with van der Waals surface area (Å²) < 4.78 is 0. The van der Waals surface area contributed by atoms with Crippen LogP contribution < -0.4 is 5.32 Å². The minimum atomic E-state index is -1.12. The molecule has 11 heteroatoms. The molecule has 0 aromatic rings. The topological polar surface area (TPSA) is 151 Å². The molecule has 0 aliphatic carbocycles. The van der Waals surface area contributed by atoms with E-state index in [1.54, 1.807) is 6.92 Å². The van der Waals surface area contributed by atoms with Crippen LogP contribution in [-0.4, -0.2) is 70.9 Å². The third kappa shape index (κ3) is 4.25. The Morgan fingerprint density at radius 3 is 3.00 bits per heavy atom. The molecule has 0 spiro atoms. The van der Waals surface area contributed by atoms with Crippen molar-refractivity contribution in [1.29, 1.82) is 0 Å². The van der Waals surface area contributed by atoms with Gasteiger partial charge < -0.3 is 20.4 Å². The SMILES string of the molecule is C[C@@H](O)[C@H]1C(=O)N2C(C(=O)O)=C(SCCNC=NCCN=[N+]=[N-])C[C@H]12. The minimum Gasteiger partial charge on any atom is -0.477 e. The smallest absolute Gasteiger partial charge is 0.353 e. The van der Waals surface area contributed by atoms with Crippen molar-refractivity contribution in [2.75, 3.05) is 25.4 Å². The first-order chi connectivity index (χ1) is 12.0. The number of aliphatic hydroxyl groups is 1. The Kier molecular flexibility index (Phi) is 6.68. The van der Waals surface area contributed by atoms with Crippen LogP contribution in [0.4, 0.5) is 0 Å². The lowest BCUT2D eigenvalue weighted by atomic mass is 9.83. The maximum Gasteiger partial charge on any atom is 0.353 e. The van der Waals surface area contributed by atoms with Crippen LogP contribution in [0.5, 0.6) is 0 Å². The highest BCUT2D eigenvalue weighted by Crippen LogP contribution is 2.46. The van der Waals surface area contributed by atoms with Crippen LogP contribution in [0.15, 0.2) is 20.7 Å². The van der Waals surface area contributed by atoms with Crippen molar-refractivity contribution in [2.24, 2.45) is 16.0 Å². The van der Waals surface area contributed by atoms with Crippen molar-refractivity contribution in [2.45, 2.75) is 25.5 Å². The van der Waals surface area contributed by atoms with Gasteiger partial charge in [0.15, 0.2) is 0 Å². The number of carbonyl (C=O) groups excluding carboxylic acids is 1. The molecule has 3 atom stereocenters. The number of carboxylic acids is 1. The summed E-state index contributed by atoms with van der Waals surface area (Å²) in [6.07, 6.45) is 1.21. The summed E-state index contributed by atoms with van der Waals surface area (Å²) in [6, 6.07) is -0.253. The van der Waals surface area contributed by atoms with Gasteiger partial charge in [-0.3, -0.25) is 9.79 Å². The van der Waals surface area contributed by atoms with E-state index in [1.807, 2.05) is 0 Å². The van der Waals surface area contributed by atoms with E-state index in [9.17, 15) is 19.8 Å². The van der Waals surface area contributed by atoms with E-state index < -0.39 is 18.0 Å². The molecule has 2 aliphatic heterocycles. The van der Waals surface area contributed by atoms with E-state index in [1.165, 1.54) is 23.0 Å². The number of carboxylic acid groups (broad SMARTS) is 1. The standard InChI is InChI=1S/C14H20N6O4S/c1-8(21)11-9-6-10(12(14(23)24)20(9)13(11)22)25-5-4-17-7-16-2-3-18-19-15/h7-9,11,21H,2-6H2,1H3,(H,16,17)(H,23,24)/t8-,9-,11-/m1/s1. The van der Waals surface area contributed by atoms with Crippen LogP contribution in [-0.2, 0) is 9.59 Å². The van der Waals surface area contributed by atoms with Crippen LogP contribution in [0.2, 0.25) is 0 Å². The summed E-state index contributed by atoms with van der Waals surface area (Å²) in [4.78, 5) is 32.1. The van der Waals surface area contributed by atoms with Gasteiger partial charge in [0.2, 0.25) is 5.91 Å². The Morgan fingerprint density at radius 2 is 2.36 bits per heavy atom. The van der Waals surface area contributed by atoms with Gasteiger partial charge in [-0.25, -0.2) is 4.79 Å². The molecule has 0 bridgehead atoms. The van der Waals surface area contributed by atoms with Gasteiger partial charge in [0.05, 0.1) is 24.4 Å². The molecule has 1 amide bonds. The van der Waals surface area contributed by atoms with E-state index in [0.717, 1.165) is 0 Å². The molecule has 3 N–H and O–H groups in total. The Bertz CT molecular complexity index is 643. The van der Waals surface area contributed by atoms with Gasteiger partial charge in [0.1, 0.15) is 5.70 Å². The third-order valence-electron chi connectivity index (χ3n) is 3.99. The van der Waals surface area contributed by atoms with Crippen molar-refractivity contribution < 1.29 is 19.8 Å².